The lowest BCUT2D eigenvalue weighted by Gasteiger charge is -2.36. The maximum atomic E-state index is 12.8. The Labute approximate surface area is 199 Å². The van der Waals surface area contributed by atoms with Gasteiger partial charge in [-0.1, -0.05) is 53.6 Å². The van der Waals surface area contributed by atoms with Crippen LogP contribution < -0.4 is 17.2 Å². The molecule has 7 nitrogen and oxygen atoms in total. The molecule has 1 aliphatic carbocycles. The van der Waals surface area contributed by atoms with E-state index in [9.17, 15) is 9.59 Å². The highest BCUT2D eigenvalue weighted by Crippen LogP contribution is 2.46. The minimum atomic E-state index is -1.55. The van der Waals surface area contributed by atoms with Crippen molar-refractivity contribution >= 4 is 40.8 Å². The van der Waals surface area contributed by atoms with Gasteiger partial charge in [-0.2, -0.15) is 0 Å². The molecule has 0 fully saturated rings. The number of hydrogen-bond acceptors (Lipinski definition) is 5. The fourth-order valence-corrected chi connectivity index (χ4v) is 4.54. The molecule has 2 heterocycles. The average Bonchev–Trinajstić information content (AvgIpc) is 2.80. The number of amides is 2. The number of rotatable bonds is 5. The Balaban J connectivity index is 1.90. The predicted octanol–water partition coefficient (Wildman–Crippen LogP) is 3.22. The molecule has 2 unspecified atom stereocenters. The summed E-state index contributed by atoms with van der Waals surface area (Å²) in [4.78, 5) is 33.8. The Morgan fingerprint density at radius 1 is 0.879 bits per heavy atom. The quantitative estimate of drug-likeness (QED) is 0.482. The van der Waals surface area contributed by atoms with Crippen LogP contribution in [0.5, 0.6) is 0 Å². The van der Waals surface area contributed by atoms with Gasteiger partial charge in [0.2, 0.25) is 11.8 Å². The Morgan fingerprint density at radius 3 is 2.21 bits per heavy atom. The zero-order chi connectivity index (χ0) is 23.8. The van der Waals surface area contributed by atoms with Crippen molar-refractivity contribution < 1.29 is 9.59 Å². The van der Waals surface area contributed by atoms with Crippen LogP contribution in [0.4, 0.5) is 5.82 Å². The molecule has 2 aromatic heterocycles. The molecule has 3 aromatic rings. The Kier molecular flexibility index (Phi) is 5.69. The maximum absolute atomic E-state index is 12.8. The minimum absolute atomic E-state index is 0.0161. The van der Waals surface area contributed by atoms with Gasteiger partial charge in [0.15, 0.2) is 0 Å². The van der Waals surface area contributed by atoms with Gasteiger partial charge in [0.25, 0.3) is 0 Å². The summed E-state index contributed by atoms with van der Waals surface area (Å²) in [7, 11) is 0. The third-order valence-corrected chi connectivity index (χ3v) is 6.49. The van der Waals surface area contributed by atoms with Crippen LogP contribution >= 0.6 is 23.2 Å². The van der Waals surface area contributed by atoms with Crippen molar-refractivity contribution in [1.29, 1.82) is 0 Å². The molecule has 1 aliphatic rings. The van der Waals surface area contributed by atoms with Gasteiger partial charge >= 0.3 is 0 Å². The van der Waals surface area contributed by atoms with E-state index in [1.165, 1.54) is 24.4 Å². The fraction of sp³-hybridized carbons (Fsp3) is 0.0833. The first-order valence-electron chi connectivity index (χ1n) is 9.83. The number of nitrogens with two attached hydrogens (primary N) is 3. The molecule has 4 rings (SSSR count). The number of nitrogens with zero attached hydrogens (tertiary/aromatic N) is 2. The van der Waals surface area contributed by atoms with Crippen molar-refractivity contribution in [2.75, 3.05) is 5.73 Å². The van der Waals surface area contributed by atoms with Crippen LogP contribution in [-0.2, 0) is 20.4 Å². The van der Waals surface area contributed by atoms with Gasteiger partial charge in [0.1, 0.15) is 16.6 Å². The summed E-state index contributed by atoms with van der Waals surface area (Å²) in [6, 6.07) is 13.6. The predicted molar refractivity (Wildman–Crippen MR) is 128 cm³/mol. The van der Waals surface area contributed by atoms with E-state index in [1.807, 2.05) is 6.07 Å². The second kappa shape index (κ2) is 8.35. The lowest BCUT2D eigenvalue weighted by molar-refractivity contribution is -0.122. The van der Waals surface area contributed by atoms with Crippen molar-refractivity contribution in [1.82, 2.24) is 9.97 Å². The van der Waals surface area contributed by atoms with Crippen LogP contribution in [0, 0.1) is 0 Å². The van der Waals surface area contributed by atoms with E-state index in [0.29, 0.717) is 27.4 Å². The zero-order valence-corrected chi connectivity index (χ0v) is 18.7. The van der Waals surface area contributed by atoms with Gasteiger partial charge in [0.05, 0.1) is 5.69 Å². The number of primary amides is 2. The number of hydrogen-bond donors (Lipinski definition) is 3. The van der Waals surface area contributed by atoms with Crippen molar-refractivity contribution in [2.45, 2.75) is 10.8 Å². The number of carbonyl (C=O) groups is 2. The van der Waals surface area contributed by atoms with E-state index in [2.05, 4.69) is 9.97 Å². The van der Waals surface area contributed by atoms with Crippen molar-refractivity contribution in [2.24, 2.45) is 11.5 Å². The van der Waals surface area contributed by atoms with Gasteiger partial charge < -0.3 is 17.2 Å². The normalized spacial score (nSPS) is 21.9. The molecule has 2 atom stereocenters. The summed E-state index contributed by atoms with van der Waals surface area (Å²) in [5.41, 5.74) is 16.4. The summed E-state index contributed by atoms with van der Waals surface area (Å²) in [6.07, 6.45) is 7.49. The summed E-state index contributed by atoms with van der Waals surface area (Å²) in [5.74, 6) is -1.16. The first kappa shape index (κ1) is 22.5. The van der Waals surface area contributed by atoms with Gasteiger partial charge in [-0.3, -0.25) is 14.6 Å². The minimum Gasteiger partial charge on any atom is -0.384 e. The summed E-state index contributed by atoms with van der Waals surface area (Å²) in [5, 5.41) is 0.457. The summed E-state index contributed by atoms with van der Waals surface area (Å²) in [6.45, 7) is 0. The summed E-state index contributed by atoms with van der Waals surface area (Å²) < 4.78 is 0. The Hall–Kier alpha value is -3.68. The molecule has 2 amide bonds. The van der Waals surface area contributed by atoms with Crippen LogP contribution in [0.2, 0.25) is 5.02 Å². The lowest BCUT2D eigenvalue weighted by atomic mass is 9.68. The molecule has 166 valence electrons. The average molecular weight is 480 g/mol. The van der Waals surface area contributed by atoms with E-state index in [1.54, 1.807) is 48.7 Å². The van der Waals surface area contributed by atoms with E-state index < -0.39 is 22.6 Å². The second-order valence-corrected chi connectivity index (χ2v) is 8.43. The van der Waals surface area contributed by atoms with Crippen LogP contribution in [0.25, 0.3) is 11.3 Å². The van der Waals surface area contributed by atoms with E-state index >= 15 is 0 Å². The third kappa shape index (κ3) is 3.65. The number of carbonyl (C=O) groups excluding carboxylic acids is 2. The van der Waals surface area contributed by atoms with Gasteiger partial charge in [0, 0.05) is 28.0 Å². The summed E-state index contributed by atoms with van der Waals surface area (Å²) >= 11 is 13.1. The molecule has 0 bridgehead atoms. The number of nitrogen functional groups attached to an aromatic ring is 1. The van der Waals surface area contributed by atoms with Crippen molar-refractivity contribution in [3.8, 4) is 11.3 Å². The maximum Gasteiger partial charge on any atom is 0.237 e. The first-order valence-corrected chi connectivity index (χ1v) is 10.6. The molecule has 33 heavy (non-hydrogen) atoms. The van der Waals surface area contributed by atoms with Gasteiger partial charge in [-0.25, -0.2) is 4.98 Å². The van der Waals surface area contributed by atoms with Crippen LogP contribution in [0.1, 0.15) is 11.1 Å². The molecular weight excluding hydrogens is 461 g/mol. The highest BCUT2D eigenvalue weighted by Gasteiger charge is 2.47. The van der Waals surface area contributed by atoms with Crippen LogP contribution in [-0.4, -0.2) is 21.8 Å². The fourth-order valence-electron chi connectivity index (χ4n) is 3.89. The zero-order valence-electron chi connectivity index (χ0n) is 17.2. The van der Waals surface area contributed by atoms with Gasteiger partial charge in [-0.15, -0.1) is 0 Å². The van der Waals surface area contributed by atoms with Crippen molar-refractivity contribution in [3.63, 3.8) is 0 Å². The standard InChI is InChI=1S/C24H19Cl2N5O2/c25-17-6-4-14(11-16(17)18-3-1-2-10-30-18)24(22(29)33)9-8-23(21(28)32,12-19(24)26)15-5-7-20(27)31-13-15/h1-13H,(H2,27,31)(H2,28,32)(H2,29,33). The number of aromatic nitrogens is 2. The molecule has 0 spiro atoms. The lowest BCUT2D eigenvalue weighted by Crippen LogP contribution is -2.47. The highest BCUT2D eigenvalue weighted by molar-refractivity contribution is 6.35. The van der Waals surface area contributed by atoms with Crippen LogP contribution in [0.3, 0.4) is 0 Å². The molecule has 0 saturated heterocycles. The molecule has 0 aliphatic heterocycles. The Bertz CT molecular complexity index is 1310. The van der Waals surface area contributed by atoms with E-state index in [-0.39, 0.29) is 10.9 Å². The largest absolute Gasteiger partial charge is 0.384 e. The SMILES string of the molecule is NC(=O)C1(c2ccc(N)nc2)C=CC(C(N)=O)(c2ccc(Cl)c(-c3ccccn3)c2)C(Cl)=C1. The van der Waals surface area contributed by atoms with Crippen molar-refractivity contribution in [3.05, 3.63) is 100 Å². The second-order valence-electron chi connectivity index (χ2n) is 7.61. The monoisotopic (exact) mass is 479 g/mol. The molecule has 0 saturated carbocycles. The number of anilines is 1. The highest BCUT2D eigenvalue weighted by atomic mass is 35.5. The topological polar surface area (TPSA) is 138 Å². The molecular formula is C24H19Cl2N5O2. The van der Waals surface area contributed by atoms with E-state index in [0.717, 1.165) is 0 Å². The van der Waals surface area contributed by atoms with Gasteiger partial charge in [-0.05, 0) is 47.5 Å². The molecule has 9 heteroatoms. The smallest absolute Gasteiger partial charge is 0.237 e. The molecule has 1 aromatic carbocycles. The molecule has 6 N–H and O–H groups in total. The number of halogens is 2. The van der Waals surface area contributed by atoms with E-state index in [4.69, 9.17) is 40.4 Å². The number of benzene rings is 1. The first-order chi connectivity index (χ1) is 15.7. The number of pyridine rings is 2. The molecule has 0 radical (unpaired) electrons. The third-order valence-electron chi connectivity index (χ3n) is 5.75. The van der Waals surface area contributed by atoms with Crippen LogP contribution in [0.15, 0.2) is 84.2 Å². The Morgan fingerprint density at radius 2 is 1.64 bits per heavy atom.